The second-order valence-electron chi connectivity index (χ2n) is 4.93. The number of hydrogen-bond acceptors (Lipinski definition) is 5. The Morgan fingerprint density at radius 1 is 1.53 bits per heavy atom. The van der Waals surface area contributed by atoms with Crippen molar-refractivity contribution in [3.8, 4) is 0 Å². The average molecular weight is 271 g/mol. The van der Waals surface area contributed by atoms with Crippen LogP contribution in [0.25, 0.3) is 0 Å². The number of hydrogen-bond donors (Lipinski definition) is 1. The molecule has 3 nitrogen and oxygen atoms in total. The van der Waals surface area contributed by atoms with Crippen LogP contribution < -0.4 is 10.2 Å². The third-order valence-electron chi connectivity index (χ3n) is 2.79. The number of rotatable bonds is 4. The highest BCUT2D eigenvalue weighted by atomic mass is 32.2. The smallest absolute Gasteiger partial charge is 0.185 e. The van der Waals surface area contributed by atoms with Gasteiger partial charge in [0, 0.05) is 35.5 Å². The standard InChI is InChI=1S/C12H21N3S2/c1-4-13-7-10-8-16-11(14-10)15-5-6-17-12(2,3)9-15/h8,13H,4-7,9H2,1-3H3. The van der Waals surface area contributed by atoms with E-state index in [-0.39, 0.29) is 0 Å². The van der Waals surface area contributed by atoms with E-state index < -0.39 is 0 Å². The maximum atomic E-state index is 4.71. The van der Waals surface area contributed by atoms with Crippen molar-refractivity contribution in [2.24, 2.45) is 0 Å². The van der Waals surface area contributed by atoms with Crippen LogP contribution in [-0.2, 0) is 6.54 Å². The molecule has 0 unspecified atom stereocenters. The Hall–Kier alpha value is -0.260. The van der Waals surface area contributed by atoms with Crippen LogP contribution >= 0.6 is 23.1 Å². The van der Waals surface area contributed by atoms with Crippen molar-refractivity contribution in [2.45, 2.75) is 32.1 Å². The van der Waals surface area contributed by atoms with E-state index in [1.54, 1.807) is 11.3 Å². The molecule has 0 aliphatic carbocycles. The van der Waals surface area contributed by atoms with E-state index in [4.69, 9.17) is 4.98 Å². The fourth-order valence-corrected chi connectivity index (χ4v) is 3.92. The Morgan fingerprint density at radius 2 is 2.35 bits per heavy atom. The zero-order valence-electron chi connectivity index (χ0n) is 10.8. The van der Waals surface area contributed by atoms with E-state index >= 15 is 0 Å². The van der Waals surface area contributed by atoms with Gasteiger partial charge in [-0.15, -0.1) is 11.3 Å². The van der Waals surface area contributed by atoms with Crippen LogP contribution in [-0.4, -0.2) is 35.1 Å². The van der Waals surface area contributed by atoms with Crippen molar-refractivity contribution < 1.29 is 0 Å². The molecule has 1 N–H and O–H groups in total. The van der Waals surface area contributed by atoms with Crippen molar-refractivity contribution in [1.82, 2.24) is 10.3 Å². The molecule has 0 aromatic carbocycles. The van der Waals surface area contributed by atoms with Gasteiger partial charge >= 0.3 is 0 Å². The molecule has 2 heterocycles. The third-order valence-corrected chi connectivity index (χ3v) is 5.04. The second kappa shape index (κ2) is 5.59. The zero-order chi connectivity index (χ0) is 12.3. The van der Waals surface area contributed by atoms with Crippen LogP contribution in [0.3, 0.4) is 0 Å². The Balaban J connectivity index is 1.99. The SMILES string of the molecule is CCNCc1csc(N2CCSC(C)(C)C2)n1. The van der Waals surface area contributed by atoms with E-state index in [1.165, 1.54) is 16.6 Å². The number of thioether (sulfide) groups is 1. The highest BCUT2D eigenvalue weighted by Gasteiger charge is 2.28. The first-order valence-electron chi connectivity index (χ1n) is 6.15. The zero-order valence-corrected chi connectivity index (χ0v) is 12.5. The molecule has 2 rings (SSSR count). The summed E-state index contributed by atoms with van der Waals surface area (Å²) in [6.45, 7) is 10.9. The van der Waals surface area contributed by atoms with Gasteiger partial charge in [-0.2, -0.15) is 11.8 Å². The van der Waals surface area contributed by atoms with Gasteiger partial charge in [0.25, 0.3) is 0 Å². The minimum Gasteiger partial charge on any atom is -0.346 e. The summed E-state index contributed by atoms with van der Waals surface area (Å²) >= 11 is 3.84. The van der Waals surface area contributed by atoms with Gasteiger partial charge in [0.05, 0.1) is 5.69 Å². The van der Waals surface area contributed by atoms with Crippen LogP contribution in [0.15, 0.2) is 5.38 Å². The third kappa shape index (κ3) is 3.60. The number of thiazole rings is 1. The molecule has 1 saturated heterocycles. The first-order chi connectivity index (χ1) is 8.11. The summed E-state index contributed by atoms with van der Waals surface area (Å²) in [6.07, 6.45) is 0. The molecular weight excluding hydrogens is 250 g/mol. The van der Waals surface area contributed by atoms with Crippen LogP contribution in [0.4, 0.5) is 5.13 Å². The molecule has 96 valence electrons. The van der Waals surface area contributed by atoms with Gasteiger partial charge in [-0.25, -0.2) is 4.98 Å². The largest absolute Gasteiger partial charge is 0.346 e. The lowest BCUT2D eigenvalue weighted by Crippen LogP contribution is -2.43. The van der Waals surface area contributed by atoms with Crippen molar-refractivity contribution in [2.75, 3.05) is 30.3 Å². The summed E-state index contributed by atoms with van der Waals surface area (Å²) < 4.78 is 0.353. The summed E-state index contributed by atoms with van der Waals surface area (Å²) in [5.41, 5.74) is 1.17. The quantitative estimate of drug-likeness (QED) is 0.911. The number of nitrogens with zero attached hydrogens (tertiary/aromatic N) is 2. The molecule has 0 radical (unpaired) electrons. The van der Waals surface area contributed by atoms with E-state index in [0.717, 1.165) is 26.2 Å². The van der Waals surface area contributed by atoms with Crippen LogP contribution in [0.2, 0.25) is 0 Å². The van der Waals surface area contributed by atoms with Gasteiger partial charge in [0.2, 0.25) is 0 Å². The summed E-state index contributed by atoms with van der Waals surface area (Å²) in [5, 5.41) is 6.68. The monoisotopic (exact) mass is 271 g/mol. The van der Waals surface area contributed by atoms with Crippen LogP contribution in [0.1, 0.15) is 26.5 Å². The fourth-order valence-electron chi connectivity index (χ4n) is 1.96. The van der Waals surface area contributed by atoms with Gasteiger partial charge < -0.3 is 10.2 Å². The van der Waals surface area contributed by atoms with E-state index in [0.29, 0.717) is 4.75 Å². The minimum absolute atomic E-state index is 0.353. The molecule has 0 saturated carbocycles. The summed E-state index contributed by atoms with van der Waals surface area (Å²) in [6, 6.07) is 0. The molecule has 0 bridgehead atoms. The van der Waals surface area contributed by atoms with E-state index in [2.05, 4.69) is 48.1 Å². The fraction of sp³-hybridized carbons (Fsp3) is 0.750. The first-order valence-corrected chi connectivity index (χ1v) is 8.01. The lowest BCUT2D eigenvalue weighted by molar-refractivity contribution is 0.644. The molecule has 1 aromatic heterocycles. The minimum atomic E-state index is 0.353. The predicted octanol–water partition coefficient (Wildman–Crippen LogP) is 2.58. The van der Waals surface area contributed by atoms with Crippen LogP contribution in [0, 0.1) is 0 Å². The Labute approximate surface area is 112 Å². The van der Waals surface area contributed by atoms with Gasteiger partial charge in [-0.1, -0.05) is 6.92 Å². The predicted molar refractivity (Wildman–Crippen MR) is 78.2 cm³/mol. The summed E-state index contributed by atoms with van der Waals surface area (Å²) in [4.78, 5) is 7.14. The maximum absolute atomic E-state index is 4.71. The number of anilines is 1. The van der Waals surface area contributed by atoms with Crippen molar-refractivity contribution in [3.63, 3.8) is 0 Å². The van der Waals surface area contributed by atoms with Crippen LogP contribution in [0.5, 0.6) is 0 Å². The molecule has 1 aliphatic rings. The van der Waals surface area contributed by atoms with E-state index in [9.17, 15) is 0 Å². The van der Waals surface area contributed by atoms with Gasteiger partial charge in [0.15, 0.2) is 5.13 Å². The average Bonchev–Trinajstić information content (AvgIpc) is 2.73. The van der Waals surface area contributed by atoms with Gasteiger partial charge in [-0.05, 0) is 20.4 Å². The van der Waals surface area contributed by atoms with Crippen molar-refractivity contribution >= 4 is 28.2 Å². The van der Waals surface area contributed by atoms with Crippen molar-refractivity contribution in [3.05, 3.63) is 11.1 Å². The molecule has 1 fully saturated rings. The summed E-state index contributed by atoms with van der Waals surface area (Å²) in [5.74, 6) is 1.20. The molecule has 0 spiro atoms. The van der Waals surface area contributed by atoms with E-state index in [1.807, 2.05) is 0 Å². The normalized spacial score (nSPS) is 19.6. The van der Waals surface area contributed by atoms with Crippen molar-refractivity contribution in [1.29, 1.82) is 0 Å². The highest BCUT2D eigenvalue weighted by Crippen LogP contribution is 2.33. The Kier molecular flexibility index (Phi) is 4.33. The van der Waals surface area contributed by atoms with Gasteiger partial charge in [-0.3, -0.25) is 0 Å². The molecule has 1 aliphatic heterocycles. The topological polar surface area (TPSA) is 28.2 Å². The maximum Gasteiger partial charge on any atom is 0.185 e. The summed E-state index contributed by atoms with van der Waals surface area (Å²) in [7, 11) is 0. The Bertz CT molecular complexity index is 362. The lowest BCUT2D eigenvalue weighted by atomic mass is 10.2. The molecule has 17 heavy (non-hydrogen) atoms. The molecule has 0 amide bonds. The molecule has 5 heteroatoms. The molecular formula is C12H21N3S2. The van der Waals surface area contributed by atoms with Gasteiger partial charge in [0.1, 0.15) is 0 Å². The lowest BCUT2D eigenvalue weighted by Gasteiger charge is -2.37. The molecule has 1 aromatic rings. The number of aromatic nitrogens is 1. The highest BCUT2D eigenvalue weighted by molar-refractivity contribution is 8.00. The molecule has 0 atom stereocenters. The first kappa shape index (κ1) is 13.2. The second-order valence-corrected chi connectivity index (χ2v) is 7.57. The Morgan fingerprint density at radius 3 is 3.06 bits per heavy atom. The number of nitrogens with one attached hydrogen (secondary N) is 1.